The van der Waals surface area contributed by atoms with Gasteiger partial charge < -0.3 is 5.11 Å². The fraction of sp³-hybridized carbons (Fsp3) is 0.833. The van der Waals surface area contributed by atoms with Crippen molar-refractivity contribution in [2.24, 2.45) is 17.8 Å². The minimum absolute atomic E-state index is 0.374. The maximum atomic E-state index is 9.26. The van der Waals surface area contributed by atoms with E-state index in [1.54, 1.807) is 0 Å². The molecule has 0 aromatic carbocycles. The molecule has 1 N–H and O–H groups in total. The largest absolute Gasteiger partial charge is 0.396 e. The number of aryl methyl sites for hydroxylation is 2. The molecule has 0 saturated heterocycles. The second-order valence-corrected chi connectivity index (χ2v) is 5.05. The molecule has 4 heteroatoms. The summed E-state index contributed by atoms with van der Waals surface area (Å²) in [5.41, 5.74) is 2.54. The first kappa shape index (κ1) is 10.3. The first-order valence-electron chi connectivity index (χ1n) is 6.37. The summed E-state index contributed by atoms with van der Waals surface area (Å²) in [6, 6.07) is 0. The maximum absolute atomic E-state index is 9.26. The van der Waals surface area contributed by atoms with Crippen molar-refractivity contribution >= 4 is 0 Å². The molecule has 0 spiro atoms. The van der Waals surface area contributed by atoms with E-state index in [0.29, 0.717) is 12.5 Å². The van der Waals surface area contributed by atoms with Gasteiger partial charge in [-0.05, 0) is 50.4 Å². The van der Waals surface area contributed by atoms with Crippen LogP contribution in [-0.2, 0) is 19.4 Å². The van der Waals surface area contributed by atoms with Crippen LogP contribution in [0, 0.1) is 17.8 Å². The molecule has 1 aromatic heterocycles. The summed E-state index contributed by atoms with van der Waals surface area (Å²) >= 11 is 0. The lowest BCUT2D eigenvalue weighted by Gasteiger charge is -2.09. The van der Waals surface area contributed by atoms with Crippen molar-refractivity contribution in [2.75, 3.05) is 6.61 Å². The highest BCUT2D eigenvalue weighted by atomic mass is 16.3. The third kappa shape index (κ3) is 1.47. The fourth-order valence-electron chi connectivity index (χ4n) is 3.35. The van der Waals surface area contributed by atoms with Gasteiger partial charge in [0.15, 0.2) is 0 Å². The third-order valence-electron chi connectivity index (χ3n) is 4.37. The zero-order chi connectivity index (χ0) is 11.1. The molecule has 1 unspecified atom stereocenters. The van der Waals surface area contributed by atoms with E-state index in [9.17, 15) is 5.11 Å². The molecule has 1 heterocycles. The van der Waals surface area contributed by atoms with E-state index in [1.807, 2.05) is 4.68 Å². The molecule has 1 fully saturated rings. The van der Waals surface area contributed by atoms with Gasteiger partial charge in [0.25, 0.3) is 0 Å². The van der Waals surface area contributed by atoms with Crippen LogP contribution >= 0.6 is 0 Å². The Morgan fingerprint density at radius 1 is 1.31 bits per heavy atom. The van der Waals surface area contributed by atoms with Crippen molar-refractivity contribution in [3.05, 3.63) is 11.4 Å². The molecule has 3 rings (SSSR count). The van der Waals surface area contributed by atoms with Crippen LogP contribution < -0.4 is 0 Å². The molecule has 4 nitrogen and oxygen atoms in total. The fourth-order valence-corrected chi connectivity index (χ4v) is 3.35. The van der Waals surface area contributed by atoms with Crippen molar-refractivity contribution < 1.29 is 5.11 Å². The molecule has 0 amide bonds. The second kappa shape index (κ2) is 3.84. The summed E-state index contributed by atoms with van der Waals surface area (Å²) in [5.74, 6) is 2.09. The summed E-state index contributed by atoms with van der Waals surface area (Å²) in [5, 5.41) is 17.7. The number of aliphatic hydroxyl groups excluding tert-OH is 1. The molecule has 1 saturated carbocycles. The van der Waals surface area contributed by atoms with Crippen LogP contribution in [0.15, 0.2) is 0 Å². The van der Waals surface area contributed by atoms with Crippen LogP contribution in [0.3, 0.4) is 0 Å². The zero-order valence-corrected chi connectivity index (χ0v) is 9.76. The molecule has 88 valence electrons. The SMILES string of the molecule is CCn1nnc2c1CC[C@@H]1C(CO)[C@@H]1CC2. The van der Waals surface area contributed by atoms with Gasteiger partial charge in [0.1, 0.15) is 0 Å². The Hall–Kier alpha value is -0.900. The maximum Gasteiger partial charge on any atom is 0.0859 e. The van der Waals surface area contributed by atoms with Crippen LogP contribution in [0.4, 0.5) is 0 Å². The van der Waals surface area contributed by atoms with Crippen LogP contribution in [-0.4, -0.2) is 26.7 Å². The highest BCUT2D eigenvalue weighted by Crippen LogP contribution is 2.52. The highest BCUT2D eigenvalue weighted by Gasteiger charge is 2.49. The predicted octanol–water partition coefficient (Wildman–Crippen LogP) is 1.03. The summed E-state index contributed by atoms with van der Waals surface area (Å²) < 4.78 is 2.03. The summed E-state index contributed by atoms with van der Waals surface area (Å²) in [6.07, 6.45) is 4.53. The molecule has 3 atom stereocenters. The number of nitrogens with zero attached hydrogens (tertiary/aromatic N) is 3. The summed E-state index contributed by atoms with van der Waals surface area (Å²) in [7, 11) is 0. The topological polar surface area (TPSA) is 50.9 Å². The van der Waals surface area contributed by atoms with Gasteiger partial charge in [0, 0.05) is 13.2 Å². The predicted molar refractivity (Wildman–Crippen MR) is 59.9 cm³/mol. The van der Waals surface area contributed by atoms with E-state index in [-0.39, 0.29) is 0 Å². The van der Waals surface area contributed by atoms with Crippen LogP contribution in [0.5, 0.6) is 0 Å². The Morgan fingerprint density at radius 2 is 2.06 bits per heavy atom. The van der Waals surface area contributed by atoms with Gasteiger partial charge in [-0.3, -0.25) is 0 Å². The second-order valence-electron chi connectivity index (χ2n) is 5.05. The number of hydrogen-bond acceptors (Lipinski definition) is 3. The quantitative estimate of drug-likeness (QED) is 0.811. The lowest BCUT2D eigenvalue weighted by atomic mass is 10.0. The molecule has 16 heavy (non-hydrogen) atoms. The Morgan fingerprint density at radius 3 is 2.75 bits per heavy atom. The number of rotatable bonds is 2. The van der Waals surface area contributed by atoms with E-state index in [2.05, 4.69) is 17.2 Å². The molecule has 2 aliphatic rings. The summed E-state index contributed by atoms with van der Waals surface area (Å²) in [6.45, 7) is 3.41. The smallest absolute Gasteiger partial charge is 0.0859 e. The Labute approximate surface area is 95.7 Å². The Balaban J connectivity index is 1.80. The number of hydrogen-bond donors (Lipinski definition) is 1. The molecule has 1 aromatic rings. The Bertz CT molecular complexity index is 388. The molecule has 0 radical (unpaired) electrons. The standard InChI is InChI=1S/C12H19N3O/c1-2-15-12-6-4-9-8(10(9)7-16)3-5-11(12)13-14-15/h8-10,16H,2-7H2,1H3/t8-,9+,10?/m1/s1. The third-order valence-corrected chi connectivity index (χ3v) is 4.37. The van der Waals surface area contributed by atoms with Crippen LogP contribution in [0.2, 0.25) is 0 Å². The van der Waals surface area contributed by atoms with Gasteiger partial charge >= 0.3 is 0 Å². The zero-order valence-electron chi connectivity index (χ0n) is 9.76. The van der Waals surface area contributed by atoms with Gasteiger partial charge in [-0.1, -0.05) is 5.21 Å². The molecular weight excluding hydrogens is 202 g/mol. The molecule has 0 aliphatic heterocycles. The van der Waals surface area contributed by atoms with E-state index >= 15 is 0 Å². The van der Waals surface area contributed by atoms with Gasteiger partial charge in [-0.2, -0.15) is 0 Å². The van der Waals surface area contributed by atoms with E-state index in [0.717, 1.165) is 31.2 Å². The van der Waals surface area contributed by atoms with Gasteiger partial charge in [-0.15, -0.1) is 5.10 Å². The van der Waals surface area contributed by atoms with Crippen molar-refractivity contribution in [3.8, 4) is 0 Å². The average Bonchev–Trinajstić information content (AvgIpc) is 2.80. The Kier molecular flexibility index (Phi) is 2.46. The van der Waals surface area contributed by atoms with E-state index in [4.69, 9.17) is 0 Å². The van der Waals surface area contributed by atoms with Crippen LogP contribution in [0.25, 0.3) is 0 Å². The lowest BCUT2D eigenvalue weighted by molar-refractivity contribution is 0.262. The lowest BCUT2D eigenvalue weighted by Crippen LogP contribution is -2.07. The number of fused-ring (bicyclic) bond motifs is 2. The van der Waals surface area contributed by atoms with Crippen molar-refractivity contribution in [1.29, 1.82) is 0 Å². The van der Waals surface area contributed by atoms with Gasteiger partial charge in [0.2, 0.25) is 0 Å². The van der Waals surface area contributed by atoms with Gasteiger partial charge in [-0.25, -0.2) is 4.68 Å². The van der Waals surface area contributed by atoms with E-state index < -0.39 is 0 Å². The first-order chi connectivity index (χ1) is 7.85. The highest BCUT2D eigenvalue weighted by molar-refractivity contribution is 5.15. The van der Waals surface area contributed by atoms with E-state index in [1.165, 1.54) is 24.2 Å². The first-order valence-corrected chi connectivity index (χ1v) is 6.37. The van der Waals surface area contributed by atoms with Crippen molar-refractivity contribution in [2.45, 2.75) is 39.2 Å². The molecular formula is C12H19N3O. The van der Waals surface area contributed by atoms with Crippen molar-refractivity contribution in [1.82, 2.24) is 15.0 Å². The average molecular weight is 221 g/mol. The molecule has 2 aliphatic carbocycles. The van der Waals surface area contributed by atoms with Crippen molar-refractivity contribution in [3.63, 3.8) is 0 Å². The monoisotopic (exact) mass is 221 g/mol. The normalized spacial score (nSPS) is 32.5. The molecule has 0 bridgehead atoms. The van der Waals surface area contributed by atoms with Gasteiger partial charge in [0.05, 0.1) is 11.4 Å². The minimum atomic E-state index is 0.374. The minimum Gasteiger partial charge on any atom is -0.396 e. The number of aromatic nitrogens is 3. The summed E-state index contributed by atoms with van der Waals surface area (Å²) in [4.78, 5) is 0. The number of aliphatic hydroxyl groups is 1. The van der Waals surface area contributed by atoms with Crippen LogP contribution in [0.1, 0.15) is 31.2 Å².